The van der Waals surface area contributed by atoms with Crippen LogP contribution in [0.5, 0.6) is 0 Å². The highest BCUT2D eigenvalue weighted by Gasteiger charge is 2.03. The summed E-state index contributed by atoms with van der Waals surface area (Å²) in [5.74, 6) is 0. The predicted octanol–water partition coefficient (Wildman–Crippen LogP) is 2.48. The van der Waals surface area contributed by atoms with Crippen LogP contribution in [0.3, 0.4) is 0 Å². The van der Waals surface area contributed by atoms with Gasteiger partial charge >= 0.3 is 0 Å². The molecule has 0 aliphatic rings. The lowest BCUT2D eigenvalue weighted by Crippen LogP contribution is -2.28. The molecule has 0 aromatic heterocycles. The molecule has 1 atom stereocenters. The summed E-state index contributed by atoms with van der Waals surface area (Å²) in [4.78, 5) is 0. The fourth-order valence-corrected chi connectivity index (χ4v) is 1.39. The third-order valence-corrected chi connectivity index (χ3v) is 2.30. The normalized spacial score (nSPS) is 12.3. The average Bonchev–Trinajstić information content (AvgIpc) is 2.26. The third-order valence-electron chi connectivity index (χ3n) is 2.30. The second-order valence-corrected chi connectivity index (χ2v) is 3.70. The lowest BCUT2D eigenvalue weighted by molar-refractivity contribution is 0.124. The van der Waals surface area contributed by atoms with Gasteiger partial charge in [-0.05, 0) is 19.4 Å². The van der Waals surface area contributed by atoms with Crippen molar-refractivity contribution in [3.8, 4) is 6.07 Å². The Kier molecular flexibility index (Phi) is 11.0. The van der Waals surface area contributed by atoms with Gasteiger partial charge in [0.15, 0.2) is 0 Å². The van der Waals surface area contributed by atoms with Gasteiger partial charge in [-0.1, -0.05) is 33.1 Å². The molecule has 0 saturated carbocycles. The minimum absolute atomic E-state index is 0.0503. The number of ether oxygens (including phenoxy) is 1. The molecule has 0 rings (SSSR count). The van der Waals surface area contributed by atoms with Crippen molar-refractivity contribution in [2.45, 2.75) is 52.0 Å². The van der Waals surface area contributed by atoms with Crippen LogP contribution in [-0.4, -0.2) is 25.8 Å². The number of nitrogens with one attached hydrogen (secondary N) is 1. The predicted molar refractivity (Wildman–Crippen MR) is 62.7 cm³/mol. The monoisotopic (exact) mass is 212 g/mol. The summed E-state index contributed by atoms with van der Waals surface area (Å²) < 4.78 is 5.47. The van der Waals surface area contributed by atoms with Crippen LogP contribution in [-0.2, 0) is 4.74 Å². The van der Waals surface area contributed by atoms with E-state index in [0.717, 1.165) is 26.0 Å². The molecule has 3 nitrogen and oxygen atoms in total. The number of hydrogen-bond acceptors (Lipinski definition) is 3. The Hall–Kier alpha value is -0.590. The summed E-state index contributed by atoms with van der Waals surface area (Å²) >= 11 is 0. The van der Waals surface area contributed by atoms with Gasteiger partial charge in [-0.2, -0.15) is 5.26 Å². The highest BCUT2D eigenvalue weighted by atomic mass is 16.5. The Bertz CT molecular complexity index is 165. The van der Waals surface area contributed by atoms with Crippen LogP contribution >= 0.6 is 0 Å². The second kappa shape index (κ2) is 11.5. The Balaban J connectivity index is 3.19. The molecule has 0 aromatic carbocycles. The molecule has 0 spiro atoms. The van der Waals surface area contributed by atoms with Crippen LogP contribution in [0.1, 0.15) is 46.0 Å². The van der Waals surface area contributed by atoms with Crippen molar-refractivity contribution >= 4 is 0 Å². The van der Waals surface area contributed by atoms with Crippen LogP contribution in [0, 0.1) is 11.3 Å². The molecule has 88 valence electrons. The first-order chi connectivity index (χ1) is 7.35. The lowest BCUT2D eigenvalue weighted by Gasteiger charge is -2.09. The molecule has 0 amide bonds. The molecule has 0 aliphatic heterocycles. The minimum atomic E-state index is -0.0503. The van der Waals surface area contributed by atoms with E-state index < -0.39 is 0 Å². The largest absolute Gasteiger partial charge is 0.381 e. The van der Waals surface area contributed by atoms with Gasteiger partial charge in [0.2, 0.25) is 0 Å². The van der Waals surface area contributed by atoms with Crippen molar-refractivity contribution in [3.05, 3.63) is 0 Å². The van der Waals surface area contributed by atoms with Crippen LogP contribution in [0.2, 0.25) is 0 Å². The Morgan fingerprint density at radius 1 is 1.20 bits per heavy atom. The average molecular weight is 212 g/mol. The molecule has 3 heteroatoms. The fourth-order valence-electron chi connectivity index (χ4n) is 1.39. The van der Waals surface area contributed by atoms with Crippen LogP contribution in [0.15, 0.2) is 0 Å². The van der Waals surface area contributed by atoms with E-state index in [1.165, 1.54) is 19.3 Å². The van der Waals surface area contributed by atoms with Gasteiger partial charge < -0.3 is 10.1 Å². The molecule has 0 aliphatic carbocycles. The first kappa shape index (κ1) is 14.4. The van der Waals surface area contributed by atoms with Crippen LogP contribution in [0.25, 0.3) is 0 Å². The van der Waals surface area contributed by atoms with E-state index >= 15 is 0 Å². The Labute approximate surface area is 93.8 Å². The van der Waals surface area contributed by atoms with Gasteiger partial charge in [0.1, 0.15) is 0 Å². The van der Waals surface area contributed by atoms with E-state index in [1.807, 2.05) is 6.92 Å². The summed E-state index contributed by atoms with van der Waals surface area (Å²) in [5.41, 5.74) is 0. The van der Waals surface area contributed by atoms with E-state index in [9.17, 15) is 0 Å². The molecular weight excluding hydrogens is 188 g/mol. The smallest absolute Gasteiger partial charge is 0.0974 e. The summed E-state index contributed by atoms with van der Waals surface area (Å²) in [5, 5.41) is 11.9. The summed E-state index contributed by atoms with van der Waals surface area (Å²) in [6, 6.07) is 2.17. The molecule has 1 unspecified atom stereocenters. The quantitative estimate of drug-likeness (QED) is 0.566. The molecule has 0 fully saturated rings. The van der Waals surface area contributed by atoms with Crippen molar-refractivity contribution in [1.29, 1.82) is 5.26 Å². The van der Waals surface area contributed by atoms with Crippen molar-refractivity contribution in [2.75, 3.05) is 19.8 Å². The first-order valence-corrected chi connectivity index (χ1v) is 6.05. The van der Waals surface area contributed by atoms with Gasteiger partial charge in [0.05, 0.1) is 12.1 Å². The molecular formula is C12H24N2O. The molecule has 0 saturated heterocycles. The molecule has 0 heterocycles. The van der Waals surface area contributed by atoms with Gasteiger partial charge in [-0.25, -0.2) is 0 Å². The zero-order valence-corrected chi connectivity index (χ0v) is 10.1. The standard InChI is InChI=1S/C12H24N2O/c1-3-5-6-7-9-15-10-8-12(11-13)14-4-2/h12,14H,3-10H2,1-2H3. The minimum Gasteiger partial charge on any atom is -0.381 e. The summed E-state index contributed by atoms with van der Waals surface area (Å²) in [6.07, 6.45) is 5.74. The molecule has 15 heavy (non-hydrogen) atoms. The van der Waals surface area contributed by atoms with Crippen LogP contribution in [0.4, 0.5) is 0 Å². The van der Waals surface area contributed by atoms with E-state index in [0.29, 0.717) is 6.61 Å². The number of unbranched alkanes of at least 4 members (excludes halogenated alkanes) is 3. The van der Waals surface area contributed by atoms with E-state index in [-0.39, 0.29) is 6.04 Å². The molecule has 0 aromatic rings. The topological polar surface area (TPSA) is 45.0 Å². The molecule has 0 bridgehead atoms. The fraction of sp³-hybridized carbons (Fsp3) is 0.917. The maximum absolute atomic E-state index is 8.76. The van der Waals surface area contributed by atoms with Crippen LogP contribution < -0.4 is 5.32 Å². The Morgan fingerprint density at radius 2 is 2.00 bits per heavy atom. The summed E-state index contributed by atoms with van der Waals surface area (Å²) in [7, 11) is 0. The highest BCUT2D eigenvalue weighted by molar-refractivity contribution is 4.88. The van der Waals surface area contributed by atoms with Crippen molar-refractivity contribution < 1.29 is 4.74 Å². The maximum atomic E-state index is 8.76. The zero-order chi connectivity index (χ0) is 11.4. The van der Waals surface area contributed by atoms with Crippen molar-refractivity contribution in [2.24, 2.45) is 0 Å². The third kappa shape index (κ3) is 9.71. The Morgan fingerprint density at radius 3 is 2.60 bits per heavy atom. The SMILES string of the molecule is CCCCCCOCCC(C#N)NCC. The molecule has 0 radical (unpaired) electrons. The molecule has 1 N–H and O–H groups in total. The van der Waals surface area contributed by atoms with Crippen molar-refractivity contribution in [3.63, 3.8) is 0 Å². The number of hydrogen-bond donors (Lipinski definition) is 1. The number of rotatable bonds is 10. The maximum Gasteiger partial charge on any atom is 0.0974 e. The number of nitriles is 1. The highest BCUT2D eigenvalue weighted by Crippen LogP contribution is 1.99. The van der Waals surface area contributed by atoms with E-state index in [4.69, 9.17) is 10.00 Å². The zero-order valence-electron chi connectivity index (χ0n) is 10.1. The second-order valence-electron chi connectivity index (χ2n) is 3.70. The van der Waals surface area contributed by atoms with Gasteiger partial charge in [-0.15, -0.1) is 0 Å². The lowest BCUT2D eigenvalue weighted by atomic mass is 10.2. The summed E-state index contributed by atoms with van der Waals surface area (Å²) in [6.45, 7) is 6.58. The first-order valence-electron chi connectivity index (χ1n) is 6.05. The van der Waals surface area contributed by atoms with E-state index in [1.54, 1.807) is 0 Å². The van der Waals surface area contributed by atoms with E-state index in [2.05, 4.69) is 18.3 Å². The van der Waals surface area contributed by atoms with Gasteiger partial charge in [0, 0.05) is 13.2 Å². The van der Waals surface area contributed by atoms with Gasteiger partial charge in [-0.3, -0.25) is 0 Å². The number of nitrogens with zero attached hydrogens (tertiary/aromatic N) is 1. The van der Waals surface area contributed by atoms with Gasteiger partial charge in [0.25, 0.3) is 0 Å². The van der Waals surface area contributed by atoms with Crippen molar-refractivity contribution in [1.82, 2.24) is 5.32 Å².